The van der Waals surface area contributed by atoms with Crippen LogP contribution in [0.3, 0.4) is 0 Å². The highest BCUT2D eigenvalue weighted by molar-refractivity contribution is 6.24. The molecule has 128 valence electrons. The molecule has 2 amide bonds. The standard InChI is InChI=1S/C19H17FN2O3/c20-13-7-4-8-14(11-13)21-18(24)16-17(23)15(22-19(16)25)10-9-12-5-2-1-3-6-12/h1-8,11,15,23H,9-10H2,(H,21,24)(H,22,25). The van der Waals surface area contributed by atoms with Gasteiger partial charge in [-0.2, -0.15) is 0 Å². The maximum Gasteiger partial charge on any atom is 0.264 e. The van der Waals surface area contributed by atoms with Gasteiger partial charge < -0.3 is 15.7 Å². The van der Waals surface area contributed by atoms with Crippen molar-refractivity contribution in [1.29, 1.82) is 0 Å². The Balaban J connectivity index is 1.70. The second-order valence-corrected chi connectivity index (χ2v) is 5.78. The zero-order chi connectivity index (χ0) is 17.8. The first-order valence-electron chi connectivity index (χ1n) is 7.89. The van der Waals surface area contributed by atoms with Crippen molar-refractivity contribution in [2.24, 2.45) is 0 Å². The van der Waals surface area contributed by atoms with E-state index in [1.165, 1.54) is 18.2 Å². The summed E-state index contributed by atoms with van der Waals surface area (Å²) in [7, 11) is 0. The van der Waals surface area contributed by atoms with Crippen molar-refractivity contribution < 1.29 is 19.1 Å². The lowest BCUT2D eigenvalue weighted by Gasteiger charge is -2.10. The number of rotatable bonds is 5. The Morgan fingerprint density at radius 3 is 2.64 bits per heavy atom. The molecule has 3 N–H and O–H groups in total. The summed E-state index contributed by atoms with van der Waals surface area (Å²) < 4.78 is 13.2. The van der Waals surface area contributed by atoms with Crippen LogP contribution in [0.2, 0.25) is 0 Å². The van der Waals surface area contributed by atoms with Gasteiger partial charge in [0, 0.05) is 5.69 Å². The predicted octanol–water partition coefficient (Wildman–Crippen LogP) is 2.71. The highest BCUT2D eigenvalue weighted by atomic mass is 19.1. The van der Waals surface area contributed by atoms with E-state index in [9.17, 15) is 19.1 Å². The van der Waals surface area contributed by atoms with Gasteiger partial charge in [-0.15, -0.1) is 0 Å². The van der Waals surface area contributed by atoms with E-state index in [1.807, 2.05) is 30.3 Å². The van der Waals surface area contributed by atoms with Gasteiger partial charge in [0.25, 0.3) is 11.8 Å². The molecule has 0 radical (unpaired) electrons. The van der Waals surface area contributed by atoms with E-state index in [4.69, 9.17) is 0 Å². The van der Waals surface area contributed by atoms with Crippen LogP contribution in [0, 0.1) is 5.82 Å². The molecule has 25 heavy (non-hydrogen) atoms. The van der Waals surface area contributed by atoms with Gasteiger partial charge in [0.05, 0.1) is 6.04 Å². The Hall–Kier alpha value is -3.15. The number of halogens is 1. The average Bonchev–Trinajstić information content (AvgIpc) is 2.88. The summed E-state index contributed by atoms with van der Waals surface area (Å²) in [5, 5.41) is 15.3. The van der Waals surface area contributed by atoms with Gasteiger partial charge in [-0.25, -0.2) is 4.39 Å². The molecule has 0 spiro atoms. The number of benzene rings is 2. The third-order valence-electron chi connectivity index (χ3n) is 3.99. The molecule has 0 aliphatic carbocycles. The number of aliphatic hydroxyl groups is 1. The maximum absolute atomic E-state index is 13.2. The molecule has 0 saturated heterocycles. The van der Waals surface area contributed by atoms with Gasteiger partial charge in [0.1, 0.15) is 17.1 Å². The maximum atomic E-state index is 13.2. The van der Waals surface area contributed by atoms with E-state index in [-0.39, 0.29) is 17.0 Å². The average molecular weight is 340 g/mol. The summed E-state index contributed by atoms with van der Waals surface area (Å²) in [5.74, 6) is -2.19. The fraction of sp³-hybridized carbons (Fsp3) is 0.158. The minimum atomic E-state index is -0.761. The molecule has 2 aromatic rings. The van der Waals surface area contributed by atoms with Gasteiger partial charge in [-0.05, 0) is 36.6 Å². The quantitative estimate of drug-likeness (QED) is 0.732. The normalized spacial score (nSPS) is 16.7. The number of aliphatic hydroxyl groups excluding tert-OH is 1. The highest BCUT2D eigenvalue weighted by Crippen LogP contribution is 2.21. The summed E-state index contributed by atoms with van der Waals surface area (Å²) in [5.41, 5.74) is 0.954. The molecule has 0 bridgehead atoms. The molecule has 1 heterocycles. The smallest absolute Gasteiger partial charge is 0.264 e. The molecule has 1 atom stereocenters. The Morgan fingerprint density at radius 1 is 1.16 bits per heavy atom. The Kier molecular flexibility index (Phi) is 4.79. The van der Waals surface area contributed by atoms with Crippen LogP contribution in [0.5, 0.6) is 0 Å². The molecule has 5 nitrogen and oxygen atoms in total. The minimum Gasteiger partial charge on any atom is -0.509 e. The molecule has 0 saturated carbocycles. The van der Waals surface area contributed by atoms with Crippen molar-refractivity contribution >= 4 is 17.5 Å². The topological polar surface area (TPSA) is 78.4 Å². The van der Waals surface area contributed by atoms with E-state index < -0.39 is 23.7 Å². The summed E-state index contributed by atoms with van der Waals surface area (Å²) >= 11 is 0. The SMILES string of the molecule is O=C(Nc1cccc(F)c1)C1=C(O)C(CCc2ccccc2)NC1=O. The highest BCUT2D eigenvalue weighted by Gasteiger charge is 2.35. The molecule has 2 aromatic carbocycles. The van der Waals surface area contributed by atoms with Gasteiger partial charge in [0.2, 0.25) is 0 Å². The Bertz CT molecular complexity index is 834. The van der Waals surface area contributed by atoms with Crippen LogP contribution < -0.4 is 10.6 Å². The van der Waals surface area contributed by atoms with Crippen LogP contribution >= 0.6 is 0 Å². The summed E-state index contributed by atoms with van der Waals surface area (Å²) in [6, 6.07) is 14.4. The summed E-state index contributed by atoms with van der Waals surface area (Å²) in [4.78, 5) is 24.3. The first-order valence-corrected chi connectivity index (χ1v) is 7.89. The van der Waals surface area contributed by atoms with E-state index in [2.05, 4.69) is 10.6 Å². The zero-order valence-corrected chi connectivity index (χ0v) is 13.3. The number of aryl methyl sites for hydroxylation is 1. The van der Waals surface area contributed by atoms with E-state index in [0.717, 1.165) is 11.6 Å². The van der Waals surface area contributed by atoms with Gasteiger partial charge in [0.15, 0.2) is 0 Å². The second-order valence-electron chi connectivity index (χ2n) is 5.78. The molecule has 1 aliphatic heterocycles. The van der Waals surface area contributed by atoms with Crippen LogP contribution in [-0.4, -0.2) is 23.0 Å². The molecule has 6 heteroatoms. The third kappa shape index (κ3) is 3.85. The van der Waals surface area contributed by atoms with Crippen LogP contribution in [0.15, 0.2) is 65.9 Å². The number of hydrogen-bond donors (Lipinski definition) is 3. The Morgan fingerprint density at radius 2 is 1.92 bits per heavy atom. The van der Waals surface area contributed by atoms with Gasteiger partial charge in [-0.3, -0.25) is 9.59 Å². The number of carbonyl (C=O) groups is 2. The fourth-order valence-electron chi connectivity index (χ4n) is 2.73. The molecular formula is C19H17FN2O3. The largest absolute Gasteiger partial charge is 0.509 e. The lowest BCUT2D eigenvalue weighted by molar-refractivity contribution is -0.120. The number of hydrogen-bond acceptors (Lipinski definition) is 3. The molecule has 1 unspecified atom stereocenters. The van der Waals surface area contributed by atoms with E-state index >= 15 is 0 Å². The van der Waals surface area contributed by atoms with Crippen molar-refractivity contribution in [2.45, 2.75) is 18.9 Å². The lowest BCUT2D eigenvalue weighted by Crippen LogP contribution is -2.30. The monoisotopic (exact) mass is 340 g/mol. The lowest BCUT2D eigenvalue weighted by atomic mass is 10.0. The van der Waals surface area contributed by atoms with Gasteiger partial charge in [-0.1, -0.05) is 36.4 Å². The number of carbonyl (C=O) groups excluding carboxylic acids is 2. The first kappa shape index (κ1) is 16.7. The van der Waals surface area contributed by atoms with Crippen molar-refractivity contribution in [1.82, 2.24) is 5.32 Å². The summed E-state index contributed by atoms with van der Waals surface area (Å²) in [6.45, 7) is 0. The molecular weight excluding hydrogens is 323 g/mol. The minimum absolute atomic E-state index is 0.214. The van der Waals surface area contributed by atoms with Crippen molar-refractivity contribution in [2.75, 3.05) is 5.32 Å². The number of anilines is 1. The Labute approximate surface area is 144 Å². The third-order valence-corrected chi connectivity index (χ3v) is 3.99. The van der Waals surface area contributed by atoms with Gasteiger partial charge >= 0.3 is 0 Å². The molecule has 1 aliphatic rings. The number of amides is 2. The van der Waals surface area contributed by atoms with E-state index in [0.29, 0.717) is 12.8 Å². The number of nitrogens with one attached hydrogen (secondary N) is 2. The van der Waals surface area contributed by atoms with Crippen molar-refractivity contribution in [3.63, 3.8) is 0 Å². The van der Waals surface area contributed by atoms with Crippen LogP contribution in [0.4, 0.5) is 10.1 Å². The fourth-order valence-corrected chi connectivity index (χ4v) is 2.73. The molecule has 0 aromatic heterocycles. The van der Waals surface area contributed by atoms with Crippen molar-refractivity contribution in [3.8, 4) is 0 Å². The van der Waals surface area contributed by atoms with Crippen LogP contribution in [0.25, 0.3) is 0 Å². The first-order chi connectivity index (χ1) is 12.0. The van der Waals surface area contributed by atoms with Crippen LogP contribution in [0.1, 0.15) is 12.0 Å². The molecule has 0 fully saturated rings. The van der Waals surface area contributed by atoms with Crippen LogP contribution in [-0.2, 0) is 16.0 Å². The molecule has 3 rings (SSSR count). The van der Waals surface area contributed by atoms with E-state index in [1.54, 1.807) is 0 Å². The van der Waals surface area contributed by atoms with Crippen molar-refractivity contribution in [3.05, 3.63) is 77.3 Å². The predicted molar refractivity (Wildman–Crippen MR) is 91.4 cm³/mol. The zero-order valence-electron chi connectivity index (χ0n) is 13.3. The second kappa shape index (κ2) is 7.17. The summed E-state index contributed by atoms with van der Waals surface area (Å²) in [6.07, 6.45) is 1.12.